The molecule has 0 bridgehead atoms. The van der Waals surface area contributed by atoms with E-state index in [-0.39, 0.29) is 5.41 Å². The van der Waals surface area contributed by atoms with E-state index in [2.05, 4.69) is 39.0 Å². The molecule has 0 aromatic carbocycles. The van der Waals surface area contributed by atoms with E-state index in [0.717, 1.165) is 25.7 Å². The van der Waals surface area contributed by atoms with Crippen LogP contribution >= 0.6 is 0 Å². The molecule has 88 valence electrons. The van der Waals surface area contributed by atoms with Gasteiger partial charge in [-0.25, -0.2) is 0 Å². The molecule has 0 aliphatic heterocycles. The summed E-state index contributed by atoms with van der Waals surface area (Å²) >= 11 is 0. The minimum atomic E-state index is 0.189. The summed E-state index contributed by atoms with van der Waals surface area (Å²) in [6.45, 7) is 6.55. The molecule has 0 radical (unpaired) electrons. The van der Waals surface area contributed by atoms with Crippen molar-refractivity contribution in [2.75, 3.05) is 0 Å². The highest BCUT2D eigenvalue weighted by molar-refractivity contribution is 5.07. The van der Waals surface area contributed by atoms with Crippen molar-refractivity contribution in [3.8, 4) is 12.1 Å². The molecule has 0 fully saturated rings. The normalized spacial score (nSPS) is 10.3. The third kappa shape index (κ3) is 9.28. The summed E-state index contributed by atoms with van der Waals surface area (Å²) in [6, 6.07) is 4.35. The summed E-state index contributed by atoms with van der Waals surface area (Å²) in [4.78, 5) is 0. The summed E-state index contributed by atoms with van der Waals surface area (Å²) in [5.74, 6) is 0. The summed E-state index contributed by atoms with van der Waals surface area (Å²) in [5, 5.41) is 17.0. The van der Waals surface area contributed by atoms with Gasteiger partial charge in [-0.2, -0.15) is 10.5 Å². The number of allylic oxidation sites excluding steroid dienone is 2. The molecule has 0 saturated carbocycles. The topological polar surface area (TPSA) is 47.6 Å². The van der Waals surface area contributed by atoms with Gasteiger partial charge in [-0.15, -0.1) is 0 Å². The van der Waals surface area contributed by atoms with Crippen molar-refractivity contribution in [2.45, 2.75) is 59.3 Å². The molecule has 16 heavy (non-hydrogen) atoms. The molecule has 0 atom stereocenters. The summed E-state index contributed by atoms with van der Waals surface area (Å²) in [6.07, 6.45) is 7.41. The van der Waals surface area contributed by atoms with E-state index in [4.69, 9.17) is 10.5 Å². The van der Waals surface area contributed by atoms with Gasteiger partial charge >= 0.3 is 0 Å². The molecule has 2 nitrogen and oxygen atoms in total. The van der Waals surface area contributed by atoms with Crippen LogP contribution in [0.4, 0.5) is 0 Å². The molecule has 0 saturated heterocycles. The van der Waals surface area contributed by atoms with Gasteiger partial charge in [0.15, 0.2) is 0 Å². The molecule has 0 heterocycles. The molecule has 0 rings (SSSR count). The fourth-order valence-corrected chi connectivity index (χ4v) is 1.67. The maximum absolute atomic E-state index is 8.51. The van der Waals surface area contributed by atoms with E-state index in [9.17, 15) is 0 Å². The zero-order valence-electron chi connectivity index (χ0n) is 10.7. The molecule has 0 aromatic heterocycles. The molecule has 0 spiro atoms. The molecule has 0 aromatic rings. The molecule has 0 aliphatic carbocycles. The maximum atomic E-state index is 8.51. The Balaban J connectivity index is 4.24. The number of rotatable bonds is 6. The Labute approximate surface area is 99.6 Å². The first-order valence-electron chi connectivity index (χ1n) is 5.94. The van der Waals surface area contributed by atoms with Crippen molar-refractivity contribution in [2.24, 2.45) is 5.41 Å². The van der Waals surface area contributed by atoms with Gasteiger partial charge in [-0.05, 0) is 31.1 Å². The largest absolute Gasteiger partial charge is 0.198 e. The van der Waals surface area contributed by atoms with Gasteiger partial charge in [-0.3, -0.25) is 0 Å². The van der Waals surface area contributed by atoms with Gasteiger partial charge in [0.05, 0.1) is 12.1 Å². The Hall–Kier alpha value is -1.28. The van der Waals surface area contributed by atoms with Crippen LogP contribution in [0.3, 0.4) is 0 Å². The highest BCUT2D eigenvalue weighted by Crippen LogP contribution is 2.23. The lowest BCUT2D eigenvalue weighted by Crippen LogP contribution is -2.02. The Bertz CT molecular complexity index is 272. The van der Waals surface area contributed by atoms with Crippen LogP contribution in [0.15, 0.2) is 11.6 Å². The molecular weight excluding hydrogens is 196 g/mol. The fourth-order valence-electron chi connectivity index (χ4n) is 1.67. The van der Waals surface area contributed by atoms with Gasteiger partial charge in [0, 0.05) is 12.8 Å². The minimum Gasteiger partial charge on any atom is -0.198 e. The van der Waals surface area contributed by atoms with Crippen LogP contribution in [0, 0.1) is 28.1 Å². The smallest absolute Gasteiger partial charge is 0.0621 e. The van der Waals surface area contributed by atoms with E-state index in [1.54, 1.807) is 0 Å². The Morgan fingerprint density at radius 2 is 1.44 bits per heavy atom. The van der Waals surface area contributed by atoms with E-state index in [1.165, 1.54) is 5.57 Å². The first kappa shape index (κ1) is 14.7. The lowest BCUT2D eigenvalue weighted by Gasteiger charge is -2.16. The van der Waals surface area contributed by atoms with Crippen LogP contribution in [-0.2, 0) is 0 Å². The predicted molar refractivity (Wildman–Crippen MR) is 66.5 cm³/mol. The van der Waals surface area contributed by atoms with E-state index in [1.807, 2.05) is 0 Å². The molecule has 0 N–H and O–H groups in total. The predicted octanol–water partition coefficient (Wildman–Crippen LogP) is 4.35. The third-order valence-corrected chi connectivity index (χ3v) is 2.21. The fraction of sp³-hybridized carbons (Fsp3) is 0.714. The Morgan fingerprint density at radius 1 is 1.00 bits per heavy atom. The zero-order chi connectivity index (χ0) is 12.4. The van der Waals surface area contributed by atoms with Crippen LogP contribution in [0.2, 0.25) is 0 Å². The average molecular weight is 218 g/mol. The number of nitriles is 2. The van der Waals surface area contributed by atoms with Gasteiger partial charge in [0.1, 0.15) is 0 Å². The van der Waals surface area contributed by atoms with E-state index < -0.39 is 0 Å². The highest BCUT2D eigenvalue weighted by atomic mass is 14.2. The lowest BCUT2D eigenvalue weighted by molar-refractivity contribution is 0.532. The van der Waals surface area contributed by atoms with Gasteiger partial charge in [0.2, 0.25) is 0 Å². The molecule has 0 aliphatic rings. The van der Waals surface area contributed by atoms with Crippen molar-refractivity contribution in [3.63, 3.8) is 0 Å². The molecular formula is C14H22N2. The quantitative estimate of drug-likeness (QED) is 0.491. The SMILES string of the molecule is CC(C)(C)C=C(CCCC#N)CCCC#N. The van der Waals surface area contributed by atoms with E-state index >= 15 is 0 Å². The first-order valence-corrected chi connectivity index (χ1v) is 5.94. The van der Waals surface area contributed by atoms with Crippen LogP contribution in [0.5, 0.6) is 0 Å². The van der Waals surface area contributed by atoms with Crippen molar-refractivity contribution >= 4 is 0 Å². The number of hydrogen-bond acceptors (Lipinski definition) is 2. The summed E-state index contributed by atoms with van der Waals surface area (Å²) in [5.41, 5.74) is 1.59. The zero-order valence-corrected chi connectivity index (χ0v) is 10.7. The second-order valence-corrected chi connectivity index (χ2v) is 5.19. The third-order valence-electron chi connectivity index (χ3n) is 2.21. The average Bonchev–Trinajstić information content (AvgIpc) is 2.16. The summed E-state index contributed by atoms with van der Waals surface area (Å²) in [7, 11) is 0. The lowest BCUT2D eigenvalue weighted by atomic mass is 9.90. The Morgan fingerprint density at radius 3 is 1.75 bits per heavy atom. The Kier molecular flexibility index (Phi) is 7.31. The highest BCUT2D eigenvalue weighted by Gasteiger charge is 2.08. The van der Waals surface area contributed by atoms with Crippen LogP contribution in [0.1, 0.15) is 59.3 Å². The van der Waals surface area contributed by atoms with Crippen molar-refractivity contribution < 1.29 is 0 Å². The number of hydrogen-bond donors (Lipinski definition) is 0. The maximum Gasteiger partial charge on any atom is 0.0621 e. The second-order valence-electron chi connectivity index (χ2n) is 5.19. The summed E-state index contributed by atoms with van der Waals surface area (Å²) < 4.78 is 0. The first-order chi connectivity index (χ1) is 7.49. The number of nitrogens with zero attached hydrogens (tertiary/aromatic N) is 2. The number of unbranched alkanes of at least 4 members (excludes halogenated alkanes) is 2. The van der Waals surface area contributed by atoms with Gasteiger partial charge in [-0.1, -0.05) is 32.4 Å². The van der Waals surface area contributed by atoms with Crippen molar-refractivity contribution in [3.05, 3.63) is 11.6 Å². The molecule has 0 amide bonds. The molecule has 2 heteroatoms. The van der Waals surface area contributed by atoms with Crippen molar-refractivity contribution in [1.82, 2.24) is 0 Å². The van der Waals surface area contributed by atoms with Crippen LogP contribution < -0.4 is 0 Å². The minimum absolute atomic E-state index is 0.189. The van der Waals surface area contributed by atoms with Crippen LogP contribution in [-0.4, -0.2) is 0 Å². The van der Waals surface area contributed by atoms with Crippen LogP contribution in [0.25, 0.3) is 0 Å². The van der Waals surface area contributed by atoms with Gasteiger partial charge in [0.25, 0.3) is 0 Å². The standard InChI is InChI=1S/C14H22N2/c1-14(2,3)12-13(8-4-6-10-15)9-5-7-11-16/h12H,4-9H2,1-3H3. The monoisotopic (exact) mass is 218 g/mol. The second kappa shape index (κ2) is 7.94. The van der Waals surface area contributed by atoms with Crippen molar-refractivity contribution in [1.29, 1.82) is 10.5 Å². The van der Waals surface area contributed by atoms with E-state index in [0.29, 0.717) is 12.8 Å². The van der Waals surface area contributed by atoms with Gasteiger partial charge < -0.3 is 0 Å². The molecule has 0 unspecified atom stereocenters.